The van der Waals surface area contributed by atoms with Gasteiger partial charge in [-0.15, -0.1) is 0 Å². The zero-order valence-corrected chi connectivity index (χ0v) is 7.28. The molecule has 0 aliphatic heterocycles. The van der Waals surface area contributed by atoms with E-state index in [2.05, 4.69) is 0 Å². The van der Waals surface area contributed by atoms with Crippen LogP contribution in [0.1, 0.15) is 5.56 Å². The molecule has 0 fully saturated rings. The number of hydrogen-bond acceptors (Lipinski definition) is 2. The number of hydrogen-bond donors (Lipinski definition) is 2. The van der Waals surface area contributed by atoms with Crippen LogP contribution >= 0.6 is 23.2 Å². The largest absolute Gasteiger partial charge is 0.398 e. The lowest BCUT2D eigenvalue weighted by molar-refractivity contribution is 1.07. The monoisotopic (exact) mass is 190 g/mol. The first-order valence-corrected chi connectivity index (χ1v) is 3.84. The Labute approximate surface area is 75.1 Å². The molecule has 0 unspecified atom stereocenters. The molecule has 1 rings (SSSR count). The molecule has 0 aliphatic carbocycles. The Morgan fingerprint density at radius 1 is 1.18 bits per heavy atom. The van der Waals surface area contributed by atoms with Crippen molar-refractivity contribution in [1.29, 1.82) is 0 Å². The molecule has 0 radical (unpaired) electrons. The zero-order valence-electron chi connectivity index (χ0n) is 5.77. The number of nitrogen functional groups attached to an aromatic ring is 1. The van der Waals surface area contributed by atoms with Crippen LogP contribution in [0.4, 0.5) is 5.69 Å². The van der Waals surface area contributed by atoms with Gasteiger partial charge in [0.25, 0.3) is 0 Å². The second kappa shape index (κ2) is 3.30. The van der Waals surface area contributed by atoms with Crippen LogP contribution in [-0.4, -0.2) is 0 Å². The maximum Gasteiger partial charge on any atom is 0.0650 e. The lowest BCUT2D eigenvalue weighted by Crippen LogP contribution is -1.98. The van der Waals surface area contributed by atoms with Gasteiger partial charge in [0.2, 0.25) is 0 Å². The molecule has 0 atom stereocenters. The fourth-order valence-electron chi connectivity index (χ4n) is 0.769. The van der Waals surface area contributed by atoms with Crippen LogP contribution in [0.15, 0.2) is 12.1 Å². The highest BCUT2D eigenvalue weighted by molar-refractivity contribution is 6.36. The molecule has 11 heavy (non-hydrogen) atoms. The van der Waals surface area contributed by atoms with Crippen molar-refractivity contribution >= 4 is 28.9 Å². The van der Waals surface area contributed by atoms with Gasteiger partial charge >= 0.3 is 0 Å². The minimum absolute atomic E-state index is 0.375. The first-order chi connectivity index (χ1) is 5.15. The van der Waals surface area contributed by atoms with Gasteiger partial charge in [0.15, 0.2) is 0 Å². The number of halogens is 2. The van der Waals surface area contributed by atoms with E-state index >= 15 is 0 Å². The van der Waals surface area contributed by atoms with Crippen molar-refractivity contribution in [3.8, 4) is 0 Å². The van der Waals surface area contributed by atoms with E-state index in [4.69, 9.17) is 34.7 Å². The second-order valence-corrected chi connectivity index (χ2v) is 2.98. The van der Waals surface area contributed by atoms with Gasteiger partial charge in [0.05, 0.1) is 10.7 Å². The summed E-state index contributed by atoms with van der Waals surface area (Å²) >= 11 is 11.5. The van der Waals surface area contributed by atoms with Crippen LogP contribution < -0.4 is 11.5 Å². The number of anilines is 1. The fourth-order valence-corrected chi connectivity index (χ4v) is 1.23. The summed E-state index contributed by atoms with van der Waals surface area (Å²) in [6.07, 6.45) is 0. The van der Waals surface area contributed by atoms with Crippen molar-refractivity contribution in [3.63, 3.8) is 0 Å². The van der Waals surface area contributed by atoms with Crippen LogP contribution in [-0.2, 0) is 6.54 Å². The van der Waals surface area contributed by atoms with Crippen LogP contribution in [0, 0.1) is 0 Å². The fraction of sp³-hybridized carbons (Fsp3) is 0.143. The summed E-state index contributed by atoms with van der Waals surface area (Å²) in [6, 6.07) is 3.28. The molecule has 60 valence electrons. The van der Waals surface area contributed by atoms with Gasteiger partial charge in [-0.05, 0) is 17.7 Å². The third-order valence-electron chi connectivity index (χ3n) is 1.39. The van der Waals surface area contributed by atoms with Gasteiger partial charge in [-0.3, -0.25) is 0 Å². The second-order valence-electron chi connectivity index (χ2n) is 2.17. The number of rotatable bonds is 1. The van der Waals surface area contributed by atoms with Crippen LogP contribution in [0.3, 0.4) is 0 Å². The Bertz CT molecular complexity index is 273. The number of nitrogens with two attached hydrogens (primary N) is 2. The topological polar surface area (TPSA) is 52.0 Å². The van der Waals surface area contributed by atoms with E-state index < -0.39 is 0 Å². The molecule has 0 amide bonds. The Hall–Kier alpha value is -0.440. The lowest BCUT2D eigenvalue weighted by atomic mass is 10.2. The Kier molecular flexibility index (Phi) is 2.60. The highest BCUT2D eigenvalue weighted by Gasteiger charge is 2.02. The van der Waals surface area contributed by atoms with E-state index in [1.54, 1.807) is 12.1 Å². The molecule has 0 saturated carbocycles. The van der Waals surface area contributed by atoms with Gasteiger partial charge < -0.3 is 11.5 Å². The predicted octanol–water partition coefficient (Wildman–Crippen LogP) is 2.03. The minimum atomic E-state index is 0.375. The van der Waals surface area contributed by atoms with Crippen molar-refractivity contribution in [1.82, 2.24) is 0 Å². The molecule has 4 heteroatoms. The third kappa shape index (κ3) is 1.77. The first kappa shape index (κ1) is 8.65. The molecule has 0 saturated heterocycles. The molecule has 0 spiro atoms. The summed E-state index contributed by atoms with van der Waals surface area (Å²) < 4.78 is 0. The Balaban J connectivity index is 3.21. The van der Waals surface area contributed by atoms with Gasteiger partial charge in [-0.1, -0.05) is 23.2 Å². The maximum atomic E-state index is 5.78. The predicted molar refractivity (Wildman–Crippen MR) is 48.8 cm³/mol. The Morgan fingerprint density at radius 2 is 1.82 bits per heavy atom. The van der Waals surface area contributed by atoms with Crippen molar-refractivity contribution in [3.05, 3.63) is 27.7 Å². The number of benzene rings is 1. The van der Waals surface area contributed by atoms with Crippen molar-refractivity contribution in [2.24, 2.45) is 5.73 Å². The molecule has 1 aromatic carbocycles. The van der Waals surface area contributed by atoms with E-state index in [9.17, 15) is 0 Å². The smallest absolute Gasteiger partial charge is 0.0650 e. The summed E-state index contributed by atoms with van der Waals surface area (Å²) in [7, 11) is 0. The quantitative estimate of drug-likeness (QED) is 0.667. The van der Waals surface area contributed by atoms with E-state index in [1.807, 2.05) is 0 Å². The highest BCUT2D eigenvalue weighted by Crippen LogP contribution is 2.26. The van der Waals surface area contributed by atoms with Gasteiger partial charge in [-0.2, -0.15) is 0 Å². The molecule has 0 heterocycles. The third-order valence-corrected chi connectivity index (χ3v) is 2.06. The van der Waals surface area contributed by atoms with Crippen LogP contribution in [0.25, 0.3) is 0 Å². The molecule has 0 bridgehead atoms. The van der Waals surface area contributed by atoms with Crippen LogP contribution in [0.5, 0.6) is 0 Å². The normalized spacial score (nSPS) is 10.1. The van der Waals surface area contributed by atoms with Gasteiger partial charge in [0, 0.05) is 11.6 Å². The Morgan fingerprint density at radius 3 is 2.36 bits per heavy atom. The summed E-state index contributed by atoms with van der Waals surface area (Å²) in [5.41, 5.74) is 12.2. The molecule has 1 aromatic rings. The molecule has 2 nitrogen and oxygen atoms in total. The standard InChI is InChI=1S/C7H8Cl2N2/c8-5-2-6(9)7(11)1-4(5)3-10/h1-2H,3,10-11H2. The van der Waals surface area contributed by atoms with E-state index in [1.165, 1.54) is 0 Å². The average Bonchev–Trinajstić information content (AvgIpc) is 1.97. The average molecular weight is 191 g/mol. The first-order valence-electron chi connectivity index (χ1n) is 3.08. The van der Waals surface area contributed by atoms with Crippen molar-refractivity contribution < 1.29 is 0 Å². The molecule has 0 aliphatic rings. The van der Waals surface area contributed by atoms with Crippen molar-refractivity contribution in [2.45, 2.75) is 6.54 Å². The summed E-state index contributed by atoms with van der Waals surface area (Å²) in [5.74, 6) is 0. The van der Waals surface area contributed by atoms with E-state index in [-0.39, 0.29) is 0 Å². The summed E-state index contributed by atoms with van der Waals surface area (Å²) in [5, 5.41) is 1.03. The van der Waals surface area contributed by atoms with Gasteiger partial charge in [0.1, 0.15) is 0 Å². The maximum absolute atomic E-state index is 5.78. The molecular formula is C7H8Cl2N2. The highest BCUT2D eigenvalue weighted by atomic mass is 35.5. The molecule has 0 aromatic heterocycles. The van der Waals surface area contributed by atoms with E-state index in [0.29, 0.717) is 22.3 Å². The van der Waals surface area contributed by atoms with E-state index in [0.717, 1.165) is 5.56 Å². The zero-order chi connectivity index (χ0) is 8.43. The van der Waals surface area contributed by atoms with Crippen molar-refractivity contribution in [2.75, 3.05) is 5.73 Å². The molecular weight excluding hydrogens is 183 g/mol. The van der Waals surface area contributed by atoms with Gasteiger partial charge in [-0.25, -0.2) is 0 Å². The summed E-state index contributed by atoms with van der Waals surface area (Å²) in [6.45, 7) is 0.375. The summed E-state index contributed by atoms with van der Waals surface area (Å²) in [4.78, 5) is 0. The minimum Gasteiger partial charge on any atom is -0.398 e. The molecule has 4 N–H and O–H groups in total. The lowest BCUT2D eigenvalue weighted by Gasteiger charge is -2.03. The van der Waals surface area contributed by atoms with Crippen LogP contribution in [0.2, 0.25) is 10.0 Å². The SMILES string of the molecule is NCc1cc(N)c(Cl)cc1Cl.